The number of aromatic hydroxyl groups is 4. The molecule has 0 radical (unpaired) electrons. The van der Waals surface area contributed by atoms with Crippen molar-refractivity contribution in [3.63, 3.8) is 0 Å². The van der Waals surface area contributed by atoms with Crippen LogP contribution >= 0.6 is 46.4 Å². The predicted molar refractivity (Wildman–Crippen MR) is 147 cm³/mol. The van der Waals surface area contributed by atoms with Crippen LogP contribution in [0.25, 0.3) is 0 Å². The zero-order valence-corrected chi connectivity index (χ0v) is 22.1. The maximum Gasteiger partial charge on any atom is 0.134 e. The Morgan fingerprint density at radius 3 is 1.49 bits per heavy atom. The molecule has 8 heteroatoms. The van der Waals surface area contributed by atoms with Gasteiger partial charge in [0.2, 0.25) is 0 Å². The maximum absolute atomic E-state index is 9.10. The highest BCUT2D eigenvalue weighted by Crippen LogP contribution is 2.27. The molecule has 0 unspecified atom stereocenters. The molecule has 0 saturated heterocycles. The highest BCUT2D eigenvalue weighted by Gasteiger charge is 2.00. The van der Waals surface area contributed by atoms with Gasteiger partial charge in [-0.25, -0.2) is 0 Å². The fraction of sp³-hybridized carbons (Fsp3) is 0.111. The van der Waals surface area contributed by atoms with Gasteiger partial charge in [-0.05, 0) is 73.0 Å². The number of para-hydroxylation sites is 1. The van der Waals surface area contributed by atoms with Crippen LogP contribution in [-0.2, 0) is 6.42 Å². The van der Waals surface area contributed by atoms with Gasteiger partial charge in [-0.1, -0.05) is 89.7 Å². The summed E-state index contributed by atoms with van der Waals surface area (Å²) >= 11 is 22.3. The minimum absolute atomic E-state index is 0.133. The standard InChI is InChI=1S/C8H9ClO.C7H7ClO.2C6H5ClO/c1-2-6-4-3-5-7(10)8(6)9;1-5-3-2-4-6(9)7(5)8;7-5-1-3-6(8)4-2-5;7-5-3-1-2-4-6(5)8/h3-5,10H,2H2,1H3;2-4,9H,1H3;2*1-4,8H. The molecule has 4 aromatic carbocycles. The van der Waals surface area contributed by atoms with Crippen molar-refractivity contribution in [2.45, 2.75) is 20.3 Å². The summed E-state index contributed by atoms with van der Waals surface area (Å²) in [4.78, 5) is 0. The molecule has 0 aliphatic rings. The molecule has 4 nitrogen and oxygen atoms in total. The first-order valence-corrected chi connectivity index (χ1v) is 11.9. The average Bonchev–Trinajstić information content (AvgIpc) is 2.84. The van der Waals surface area contributed by atoms with Crippen LogP contribution in [0.15, 0.2) is 84.9 Å². The Balaban J connectivity index is 0.000000234. The Kier molecular flexibility index (Phi) is 13.8. The second-order valence-corrected chi connectivity index (χ2v) is 8.54. The topological polar surface area (TPSA) is 80.9 Å². The number of phenols is 4. The van der Waals surface area contributed by atoms with E-state index in [4.69, 9.17) is 66.8 Å². The van der Waals surface area contributed by atoms with E-state index in [1.54, 1.807) is 72.8 Å². The monoisotopic (exact) mass is 554 g/mol. The molecule has 0 aliphatic heterocycles. The van der Waals surface area contributed by atoms with E-state index in [2.05, 4.69) is 0 Å². The van der Waals surface area contributed by atoms with Gasteiger partial charge in [-0.3, -0.25) is 0 Å². The van der Waals surface area contributed by atoms with Gasteiger partial charge < -0.3 is 20.4 Å². The van der Waals surface area contributed by atoms with E-state index < -0.39 is 0 Å². The normalized spacial score (nSPS) is 9.43. The molecule has 0 aromatic heterocycles. The first-order valence-electron chi connectivity index (χ1n) is 10.3. The minimum atomic E-state index is 0.133. The van der Waals surface area contributed by atoms with E-state index in [0.717, 1.165) is 17.5 Å². The number of aryl methyl sites for hydroxylation is 2. The van der Waals surface area contributed by atoms with Crippen molar-refractivity contribution in [1.82, 2.24) is 0 Å². The van der Waals surface area contributed by atoms with E-state index in [1.165, 1.54) is 0 Å². The Hall–Kier alpha value is -2.76. The van der Waals surface area contributed by atoms with E-state index in [9.17, 15) is 0 Å². The van der Waals surface area contributed by atoms with E-state index >= 15 is 0 Å². The molecule has 4 aromatic rings. The molecule has 35 heavy (non-hydrogen) atoms. The van der Waals surface area contributed by atoms with Crippen molar-refractivity contribution in [3.05, 3.63) is 116 Å². The number of halogens is 4. The third-order valence-electron chi connectivity index (χ3n) is 4.29. The molecule has 0 heterocycles. The number of benzene rings is 4. The zero-order valence-electron chi connectivity index (χ0n) is 19.1. The van der Waals surface area contributed by atoms with Crippen LogP contribution in [0.2, 0.25) is 20.1 Å². The third-order valence-corrected chi connectivity index (χ3v) is 5.79. The molecular formula is C27H26Cl4O4. The van der Waals surface area contributed by atoms with Gasteiger partial charge >= 0.3 is 0 Å². The van der Waals surface area contributed by atoms with Crippen LogP contribution in [0.3, 0.4) is 0 Å². The van der Waals surface area contributed by atoms with Crippen LogP contribution in [0.1, 0.15) is 18.1 Å². The molecule has 0 saturated carbocycles. The van der Waals surface area contributed by atoms with E-state index in [-0.39, 0.29) is 23.0 Å². The van der Waals surface area contributed by atoms with Crippen LogP contribution in [0.4, 0.5) is 0 Å². The van der Waals surface area contributed by atoms with Crippen molar-refractivity contribution >= 4 is 46.4 Å². The highest BCUT2D eigenvalue weighted by atomic mass is 35.5. The molecule has 0 spiro atoms. The van der Waals surface area contributed by atoms with E-state index in [0.29, 0.717) is 20.1 Å². The lowest BCUT2D eigenvalue weighted by Gasteiger charge is -2.00. The molecule has 0 aliphatic carbocycles. The maximum atomic E-state index is 9.10. The smallest absolute Gasteiger partial charge is 0.134 e. The van der Waals surface area contributed by atoms with Gasteiger partial charge in [0.15, 0.2) is 0 Å². The lowest BCUT2D eigenvalue weighted by molar-refractivity contribution is 0.474. The first kappa shape index (κ1) is 30.3. The van der Waals surface area contributed by atoms with Gasteiger partial charge in [0.05, 0.1) is 15.1 Å². The third kappa shape index (κ3) is 11.5. The Bertz CT molecular complexity index is 1120. The summed E-state index contributed by atoms with van der Waals surface area (Å²) in [6, 6.07) is 23.5. The molecule has 0 fully saturated rings. The largest absolute Gasteiger partial charge is 0.508 e. The number of hydrogen-bond acceptors (Lipinski definition) is 4. The summed E-state index contributed by atoms with van der Waals surface area (Å²) in [5, 5.41) is 37.5. The summed E-state index contributed by atoms with van der Waals surface area (Å²) < 4.78 is 0. The lowest BCUT2D eigenvalue weighted by Crippen LogP contribution is -1.80. The quantitative estimate of drug-likeness (QED) is 0.189. The minimum Gasteiger partial charge on any atom is -0.508 e. The summed E-state index contributed by atoms with van der Waals surface area (Å²) in [6.45, 7) is 3.85. The molecule has 0 bridgehead atoms. The molecule has 4 rings (SSSR count). The number of rotatable bonds is 1. The second-order valence-electron chi connectivity index (χ2n) is 6.94. The molecule has 186 valence electrons. The Morgan fingerprint density at radius 2 is 1.09 bits per heavy atom. The zero-order chi connectivity index (χ0) is 26.4. The molecule has 0 amide bonds. The van der Waals surface area contributed by atoms with Crippen LogP contribution in [0, 0.1) is 6.92 Å². The summed E-state index contributed by atoms with van der Waals surface area (Å²) in [5.74, 6) is 0.696. The number of phenolic OH excluding ortho intramolecular Hbond substituents is 4. The predicted octanol–water partition coefficient (Wildman–Crippen LogP) is 9.05. The summed E-state index contributed by atoms with van der Waals surface area (Å²) in [6.07, 6.45) is 0.854. The fourth-order valence-corrected chi connectivity index (χ4v) is 3.01. The van der Waals surface area contributed by atoms with Gasteiger partial charge in [-0.2, -0.15) is 0 Å². The fourth-order valence-electron chi connectivity index (χ4n) is 2.36. The number of hydrogen-bond donors (Lipinski definition) is 4. The summed E-state index contributed by atoms with van der Waals surface area (Å²) in [5.41, 5.74) is 1.89. The Labute approximate surface area is 225 Å². The van der Waals surface area contributed by atoms with Crippen LogP contribution in [-0.4, -0.2) is 20.4 Å². The molecule has 4 N–H and O–H groups in total. The van der Waals surface area contributed by atoms with Gasteiger partial charge in [0.25, 0.3) is 0 Å². The Morgan fingerprint density at radius 1 is 0.571 bits per heavy atom. The van der Waals surface area contributed by atoms with Gasteiger partial charge in [0.1, 0.15) is 23.0 Å². The highest BCUT2D eigenvalue weighted by molar-refractivity contribution is 6.33. The van der Waals surface area contributed by atoms with Crippen LogP contribution in [0.5, 0.6) is 23.0 Å². The molecular weight excluding hydrogens is 530 g/mol. The second kappa shape index (κ2) is 16.0. The van der Waals surface area contributed by atoms with Gasteiger partial charge in [-0.15, -0.1) is 0 Å². The summed E-state index contributed by atoms with van der Waals surface area (Å²) in [7, 11) is 0. The van der Waals surface area contributed by atoms with Crippen molar-refractivity contribution in [1.29, 1.82) is 0 Å². The van der Waals surface area contributed by atoms with Crippen molar-refractivity contribution in [3.8, 4) is 23.0 Å². The van der Waals surface area contributed by atoms with Crippen molar-refractivity contribution in [2.24, 2.45) is 0 Å². The average molecular weight is 556 g/mol. The van der Waals surface area contributed by atoms with Crippen LogP contribution < -0.4 is 0 Å². The lowest BCUT2D eigenvalue weighted by atomic mass is 10.2. The van der Waals surface area contributed by atoms with Crippen molar-refractivity contribution in [2.75, 3.05) is 0 Å². The first-order chi connectivity index (χ1) is 16.6. The SMILES string of the molecule is CCc1cccc(O)c1Cl.Cc1cccc(O)c1Cl.Oc1ccc(Cl)cc1.Oc1ccccc1Cl. The van der Waals surface area contributed by atoms with Gasteiger partial charge in [0, 0.05) is 5.02 Å². The molecule has 0 atom stereocenters. The van der Waals surface area contributed by atoms with Crippen molar-refractivity contribution < 1.29 is 20.4 Å². The van der Waals surface area contributed by atoms with E-state index in [1.807, 2.05) is 26.0 Å².